The van der Waals surface area contributed by atoms with Crippen LogP contribution in [0.2, 0.25) is 0 Å². The normalized spacial score (nSPS) is 20.6. The van der Waals surface area contributed by atoms with Gasteiger partial charge in [0.2, 0.25) is 5.91 Å². The zero-order valence-electron chi connectivity index (χ0n) is 10.5. The fraction of sp³-hybridized carbons (Fsp3) is 0.467. The van der Waals surface area contributed by atoms with Crippen molar-refractivity contribution in [1.82, 2.24) is 5.01 Å². The van der Waals surface area contributed by atoms with Crippen molar-refractivity contribution in [2.24, 2.45) is 11.0 Å². The highest BCUT2D eigenvalue weighted by atomic mass is 16.2. The number of hydrogen-bond acceptors (Lipinski definition) is 2. The highest BCUT2D eigenvalue weighted by molar-refractivity contribution is 6.06. The number of hydrazone groups is 1. The lowest BCUT2D eigenvalue weighted by atomic mass is 10.00. The number of amides is 1. The molecule has 1 aliphatic heterocycles. The Balaban J connectivity index is 1.70. The summed E-state index contributed by atoms with van der Waals surface area (Å²) in [5.74, 6) is 0.718. The number of rotatable bonds is 3. The molecule has 0 spiro atoms. The summed E-state index contributed by atoms with van der Waals surface area (Å²) in [6.45, 7) is 0.607. The Labute approximate surface area is 107 Å². The van der Waals surface area contributed by atoms with Crippen molar-refractivity contribution in [2.45, 2.75) is 38.6 Å². The Morgan fingerprint density at radius 1 is 1.17 bits per heavy atom. The molecule has 3 rings (SSSR count). The molecule has 0 bridgehead atoms. The number of carbonyl (C=O) groups is 1. The van der Waals surface area contributed by atoms with Gasteiger partial charge in [-0.3, -0.25) is 4.79 Å². The van der Waals surface area contributed by atoms with Crippen molar-refractivity contribution >= 4 is 11.6 Å². The highest BCUT2D eigenvalue weighted by Gasteiger charge is 2.30. The SMILES string of the molecule is O=C1CC(C2CCCC2)=NN1Cc1ccccc1. The minimum absolute atomic E-state index is 0.153. The molecular weight excluding hydrogens is 224 g/mol. The summed E-state index contributed by atoms with van der Waals surface area (Å²) in [5.41, 5.74) is 2.26. The topological polar surface area (TPSA) is 32.7 Å². The molecule has 0 N–H and O–H groups in total. The zero-order chi connectivity index (χ0) is 12.4. The molecular formula is C15H18N2O. The van der Waals surface area contributed by atoms with Gasteiger partial charge in [0.25, 0.3) is 0 Å². The molecule has 3 nitrogen and oxygen atoms in total. The van der Waals surface area contributed by atoms with E-state index in [9.17, 15) is 4.79 Å². The summed E-state index contributed by atoms with van der Waals surface area (Å²) < 4.78 is 0. The van der Waals surface area contributed by atoms with Gasteiger partial charge in [0.05, 0.1) is 18.7 Å². The Bertz CT molecular complexity index is 461. The minimum Gasteiger partial charge on any atom is -0.273 e. The Morgan fingerprint density at radius 3 is 2.61 bits per heavy atom. The summed E-state index contributed by atoms with van der Waals surface area (Å²) in [4.78, 5) is 12.0. The van der Waals surface area contributed by atoms with Crippen molar-refractivity contribution in [1.29, 1.82) is 0 Å². The third-order valence-corrected chi connectivity index (χ3v) is 3.87. The molecule has 1 amide bonds. The van der Waals surface area contributed by atoms with Crippen molar-refractivity contribution < 1.29 is 4.79 Å². The molecule has 1 aliphatic carbocycles. The Hall–Kier alpha value is -1.64. The third-order valence-electron chi connectivity index (χ3n) is 3.87. The summed E-state index contributed by atoms with van der Waals surface area (Å²) in [6.07, 6.45) is 5.54. The van der Waals surface area contributed by atoms with Gasteiger partial charge in [-0.25, -0.2) is 5.01 Å². The number of nitrogens with zero attached hydrogens (tertiary/aromatic N) is 2. The molecule has 1 aromatic rings. The molecule has 0 aromatic heterocycles. The molecule has 1 fully saturated rings. The van der Waals surface area contributed by atoms with Gasteiger partial charge in [0.1, 0.15) is 0 Å². The van der Waals surface area contributed by atoms with E-state index in [1.807, 2.05) is 30.3 Å². The monoisotopic (exact) mass is 242 g/mol. The fourth-order valence-corrected chi connectivity index (χ4v) is 2.86. The second-order valence-corrected chi connectivity index (χ2v) is 5.19. The first-order valence-electron chi connectivity index (χ1n) is 6.74. The van der Waals surface area contributed by atoms with Gasteiger partial charge >= 0.3 is 0 Å². The smallest absolute Gasteiger partial charge is 0.248 e. The average molecular weight is 242 g/mol. The molecule has 0 saturated heterocycles. The molecule has 1 aromatic carbocycles. The molecule has 0 unspecified atom stereocenters. The Morgan fingerprint density at radius 2 is 1.89 bits per heavy atom. The molecule has 18 heavy (non-hydrogen) atoms. The van der Waals surface area contributed by atoms with Crippen LogP contribution in [0.25, 0.3) is 0 Å². The van der Waals surface area contributed by atoms with Crippen LogP contribution in [0.3, 0.4) is 0 Å². The van der Waals surface area contributed by atoms with Gasteiger partial charge in [-0.05, 0) is 24.3 Å². The lowest BCUT2D eigenvalue weighted by molar-refractivity contribution is -0.129. The first kappa shape index (κ1) is 11.5. The standard InChI is InChI=1S/C15H18N2O/c18-15-10-14(13-8-4-5-9-13)16-17(15)11-12-6-2-1-3-7-12/h1-3,6-7,13H,4-5,8-11H2. The predicted molar refractivity (Wildman–Crippen MR) is 71.0 cm³/mol. The molecule has 94 valence electrons. The van der Waals surface area contributed by atoms with E-state index in [1.54, 1.807) is 5.01 Å². The average Bonchev–Trinajstić information content (AvgIpc) is 3.01. The second kappa shape index (κ2) is 4.92. The van der Waals surface area contributed by atoms with Gasteiger partial charge in [-0.2, -0.15) is 5.10 Å². The molecule has 1 heterocycles. The maximum atomic E-state index is 12.0. The van der Waals surface area contributed by atoms with Crippen LogP contribution in [0.1, 0.15) is 37.7 Å². The number of carbonyl (C=O) groups excluding carboxylic acids is 1. The van der Waals surface area contributed by atoms with Gasteiger partial charge in [-0.15, -0.1) is 0 Å². The van der Waals surface area contributed by atoms with E-state index in [1.165, 1.54) is 25.7 Å². The van der Waals surface area contributed by atoms with E-state index in [0.717, 1.165) is 11.3 Å². The first-order chi connectivity index (χ1) is 8.83. The van der Waals surface area contributed by atoms with Crippen LogP contribution in [-0.2, 0) is 11.3 Å². The summed E-state index contributed by atoms with van der Waals surface area (Å²) in [5, 5.41) is 6.19. The predicted octanol–water partition coefficient (Wildman–Crippen LogP) is 2.97. The van der Waals surface area contributed by atoms with Gasteiger partial charge in [0, 0.05) is 0 Å². The van der Waals surface area contributed by atoms with Crippen molar-refractivity contribution in [2.75, 3.05) is 0 Å². The second-order valence-electron chi connectivity index (χ2n) is 5.19. The van der Waals surface area contributed by atoms with Crippen molar-refractivity contribution in [3.05, 3.63) is 35.9 Å². The minimum atomic E-state index is 0.153. The van der Waals surface area contributed by atoms with Crippen LogP contribution in [0.15, 0.2) is 35.4 Å². The third kappa shape index (κ3) is 2.30. The largest absolute Gasteiger partial charge is 0.273 e. The Kier molecular flexibility index (Phi) is 3.13. The summed E-state index contributed by atoms with van der Waals surface area (Å²) in [7, 11) is 0. The molecule has 0 atom stereocenters. The molecule has 2 aliphatic rings. The summed E-state index contributed by atoms with van der Waals surface area (Å²) >= 11 is 0. The van der Waals surface area contributed by atoms with Crippen LogP contribution in [0.4, 0.5) is 0 Å². The van der Waals surface area contributed by atoms with E-state index in [2.05, 4.69) is 5.10 Å². The van der Waals surface area contributed by atoms with E-state index in [4.69, 9.17) is 0 Å². The van der Waals surface area contributed by atoms with E-state index >= 15 is 0 Å². The van der Waals surface area contributed by atoms with E-state index in [-0.39, 0.29) is 5.91 Å². The number of hydrogen-bond donors (Lipinski definition) is 0. The zero-order valence-corrected chi connectivity index (χ0v) is 10.5. The van der Waals surface area contributed by atoms with Gasteiger partial charge < -0.3 is 0 Å². The highest BCUT2D eigenvalue weighted by Crippen LogP contribution is 2.30. The van der Waals surface area contributed by atoms with E-state index < -0.39 is 0 Å². The van der Waals surface area contributed by atoms with Gasteiger partial charge in [-0.1, -0.05) is 43.2 Å². The number of benzene rings is 1. The van der Waals surface area contributed by atoms with Crippen molar-refractivity contribution in [3.63, 3.8) is 0 Å². The maximum Gasteiger partial charge on any atom is 0.248 e. The lowest BCUT2D eigenvalue weighted by Crippen LogP contribution is -2.20. The van der Waals surface area contributed by atoms with Crippen LogP contribution >= 0.6 is 0 Å². The fourth-order valence-electron chi connectivity index (χ4n) is 2.86. The van der Waals surface area contributed by atoms with Crippen LogP contribution in [0, 0.1) is 5.92 Å². The quantitative estimate of drug-likeness (QED) is 0.802. The van der Waals surface area contributed by atoms with E-state index in [0.29, 0.717) is 18.9 Å². The molecule has 1 saturated carbocycles. The van der Waals surface area contributed by atoms with Gasteiger partial charge in [0.15, 0.2) is 0 Å². The van der Waals surface area contributed by atoms with Crippen LogP contribution in [-0.4, -0.2) is 16.6 Å². The van der Waals surface area contributed by atoms with Crippen LogP contribution < -0.4 is 0 Å². The lowest BCUT2D eigenvalue weighted by Gasteiger charge is -2.11. The molecule has 3 heteroatoms. The maximum absolute atomic E-state index is 12.0. The summed E-state index contributed by atoms with van der Waals surface area (Å²) in [6, 6.07) is 10.1. The molecule has 0 radical (unpaired) electrons. The first-order valence-corrected chi connectivity index (χ1v) is 6.74. The van der Waals surface area contributed by atoms with Crippen LogP contribution in [0.5, 0.6) is 0 Å². The van der Waals surface area contributed by atoms with Crippen molar-refractivity contribution in [3.8, 4) is 0 Å².